The van der Waals surface area contributed by atoms with E-state index < -0.39 is 0 Å². The molecule has 0 atom stereocenters. The molecule has 0 radical (unpaired) electrons. The van der Waals surface area contributed by atoms with Gasteiger partial charge in [-0.25, -0.2) is 4.98 Å². The van der Waals surface area contributed by atoms with Gasteiger partial charge in [-0.2, -0.15) is 9.47 Å². The van der Waals surface area contributed by atoms with Crippen LogP contribution in [0.3, 0.4) is 0 Å². The van der Waals surface area contributed by atoms with Crippen LogP contribution in [0.5, 0.6) is 0 Å². The first kappa shape index (κ1) is 14.2. The first-order valence-corrected chi connectivity index (χ1v) is 9.17. The van der Waals surface area contributed by atoms with Gasteiger partial charge in [-0.3, -0.25) is 5.10 Å². The van der Waals surface area contributed by atoms with Crippen LogP contribution in [0.15, 0.2) is 6.20 Å². The Kier molecular flexibility index (Phi) is 3.86. The minimum absolute atomic E-state index is 0.621. The Morgan fingerprint density at radius 3 is 2.59 bits per heavy atom. The van der Waals surface area contributed by atoms with Gasteiger partial charge in [0.15, 0.2) is 0 Å². The maximum absolute atomic E-state index is 4.84. The summed E-state index contributed by atoms with van der Waals surface area (Å²) in [5, 5.41) is 8.35. The number of piperidine rings is 1. The Bertz CT molecular complexity index is 620. The van der Waals surface area contributed by atoms with Crippen LogP contribution in [0.4, 0.5) is 5.13 Å². The molecule has 1 N–H and O–H groups in total. The van der Waals surface area contributed by atoms with Crippen molar-refractivity contribution in [1.82, 2.24) is 19.6 Å². The van der Waals surface area contributed by atoms with E-state index >= 15 is 0 Å². The van der Waals surface area contributed by atoms with Gasteiger partial charge < -0.3 is 4.90 Å². The summed E-state index contributed by atoms with van der Waals surface area (Å²) in [6, 6.07) is 0. The molecule has 0 spiro atoms. The summed E-state index contributed by atoms with van der Waals surface area (Å²) in [6.07, 6.45) is 9.59. The number of nitrogens with zero attached hydrogens (tertiary/aromatic N) is 4. The SMILES string of the molecule is Cc1[nH]ncc1C1CCN(c2nc(C3CCCC3)ns2)CC1. The van der Waals surface area contributed by atoms with Gasteiger partial charge in [0.2, 0.25) is 5.13 Å². The van der Waals surface area contributed by atoms with Gasteiger partial charge in [-0.05, 0) is 44.1 Å². The van der Waals surface area contributed by atoms with E-state index in [9.17, 15) is 0 Å². The summed E-state index contributed by atoms with van der Waals surface area (Å²) in [4.78, 5) is 7.25. The van der Waals surface area contributed by atoms with Crippen LogP contribution >= 0.6 is 11.5 Å². The van der Waals surface area contributed by atoms with E-state index in [1.165, 1.54) is 49.8 Å². The third kappa shape index (κ3) is 2.64. The van der Waals surface area contributed by atoms with Crippen molar-refractivity contribution in [2.24, 2.45) is 0 Å². The maximum Gasteiger partial charge on any atom is 0.205 e. The van der Waals surface area contributed by atoms with Crippen molar-refractivity contribution >= 4 is 16.7 Å². The zero-order chi connectivity index (χ0) is 14.9. The molecule has 6 heteroatoms. The van der Waals surface area contributed by atoms with E-state index in [1.54, 1.807) is 11.5 Å². The van der Waals surface area contributed by atoms with Crippen LogP contribution in [-0.2, 0) is 0 Å². The minimum atomic E-state index is 0.621. The second-order valence-corrected chi connectivity index (χ2v) is 7.36. The first-order chi connectivity index (χ1) is 10.8. The molecule has 4 rings (SSSR count). The summed E-state index contributed by atoms with van der Waals surface area (Å²) < 4.78 is 4.63. The standard InChI is InChI=1S/C16H23N5S/c1-11-14(10-17-19-11)12-6-8-21(9-7-12)16-18-15(20-22-16)13-4-2-3-5-13/h10,12-13H,2-9H2,1H3,(H,17,19). The number of aryl methyl sites for hydroxylation is 1. The van der Waals surface area contributed by atoms with E-state index in [4.69, 9.17) is 4.98 Å². The van der Waals surface area contributed by atoms with Crippen LogP contribution in [0.25, 0.3) is 0 Å². The topological polar surface area (TPSA) is 57.7 Å². The second-order valence-electron chi connectivity index (χ2n) is 6.63. The van der Waals surface area contributed by atoms with Crippen LogP contribution in [-0.4, -0.2) is 32.6 Å². The first-order valence-electron chi connectivity index (χ1n) is 8.39. The number of hydrogen-bond acceptors (Lipinski definition) is 5. The molecule has 1 saturated carbocycles. The molecule has 2 aliphatic rings. The predicted molar refractivity (Wildman–Crippen MR) is 88.6 cm³/mol. The second kappa shape index (κ2) is 5.99. The number of anilines is 1. The fourth-order valence-corrected chi connectivity index (χ4v) is 4.66. The average Bonchev–Trinajstić information content (AvgIpc) is 3.28. The lowest BCUT2D eigenvalue weighted by molar-refractivity contribution is 0.503. The predicted octanol–water partition coefficient (Wildman–Crippen LogP) is 3.61. The van der Waals surface area contributed by atoms with Crippen molar-refractivity contribution < 1.29 is 0 Å². The number of aromatic amines is 1. The van der Waals surface area contributed by atoms with Gasteiger partial charge in [0.1, 0.15) is 5.82 Å². The van der Waals surface area contributed by atoms with E-state index in [0.717, 1.165) is 24.0 Å². The van der Waals surface area contributed by atoms with Gasteiger partial charge >= 0.3 is 0 Å². The van der Waals surface area contributed by atoms with Crippen molar-refractivity contribution in [3.05, 3.63) is 23.3 Å². The summed E-state index contributed by atoms with van der Waals surface area (Å²) >= 11 is 1.59. The largest absolute Gasteiger partial charge is 0.347 e. The quantitative estimate of drug-likeness (QED) is 0.939. The number of rotatable bonds is 3. The fraction of sp³-hybridized carbons (Fsp3) is 0.688. The normalized spacial score (nSPS) is 20.9. The Labute approximate surface area is 135 Å². The Morgan fingerprint density at radius 1 is 1.14 bits per heavy atom. The number of aromatic nitrogens is 4. The van der Waals surface area contributed by atoms with Crippen molar-refractivity contribution in [2.75, 3.05) is 18.0 Å². The fourth-order valence-electron chi connectivity index (χ4n) is 3.86. The number of hydrogen-bond donors (Lipinski definition) is 1. The lowest BCUT2D eigenvalue weighted by Gasteiger charge is -2.31. The smallest absolute Gasteiger partial charge is 0.205 e. The van der Waals surface area contributed by atoms with Crippen LogP contribution in [0, 0.1) is 6.92 Å². The van der Waals surface area contributed by atoms with Gasteiger partial charge in [0.05, 0.1) is 6.20 Å². The zero-order valence-corrected chi connectivity index (χ0v) is 13.9. The molecule has 2 aromatic rings. The molecule has 1 aliphatic heterocycles. The lowest BCUT2D eigenvalue weighted by atomic mass is 9.90. The molecular formula is C16H23N5S. The van der Waals surface area contributed by atoms with E-state index in [2.05, 4.69) is 26.4 Å². The highest BCUT2D eigenvalue weighted by molar-refractivity contribution is 7.09. The van der Waals surface area contributed by atoms with Crippen molar-refractivity contribution in [3.63, 3.8) is 0 Å². The highest BCUT2D eigenvalue weighted by Crippen LogP contribution is 2.36. The minimum Gasteiger partial charge on any atom is -0.347 e. The van der Waals surface area contributed by atoms with Crippen molar-refractivity contribution in [1.29, 1.82) is 0 Å². The van der Waals surface area contributed by atoms with Gasteiger partial charge in [0.25, 0.3) is 0 Å². The lowest BCUT2D eigenvalue weighted by Crippen LogP contribution is -2.32. The molecule has 0 aromatic carbocycles. The zero-order valence-electron chi connectivity index (χ0n) is 13.1. The molecule has 22 heavy (non-hydrogen) atoms. The van der Waals surface area contributed by atoms with Crippen molar-refractivity contribution in [2.45, 2.75) is 57.3 Å². The highest BCUT2D eigenvalue weighted by Gasteiger charge is 2.26. The summed E-state index contributed by atoms with van der Waals surface area (Å²) in [6.45, 7) is 4.27. The summed E-state index contributed by atoms with van der Waals surface area (Å²) in [7, 11) is 0. The van der Waals surface area contributed by atoms with Gasteiger partial charge in [0, 0.05) is 36.2 Å². The van der Waals surface area contributed by atoms with Crippen molar-refractivity contribution in [3.8, 4) is 0 Å². The monoisotopic (exact) mass is 317 g/mol. The molecule has 1 saturated heterocycles. The summed E-state index contributed by atoms with van der Waals surface area (Å²) in [5.41, 5.74) is 2.61. The van der Waals surface area contributed by atoms with Gasteiger partial charge in [-0.15, -0.1) is 0 Å². The third-order valence-corrected chi connectivity index (χ3v) is 6.02. The van der Waals surface area contributed by atoms with Crippen LogP contribution in [0.1, 0.15) is 67.4 Å². The molecule has 0 unspecified atom stereocenters. The molecule has 118 valence electrons. The molecular weight excluding hydrogens is 294 g/mol. The Morgan fingerprint density at radius 2 is 1.91 bits per heavy atom. The average molecular weight is 317 g/mol. The highest BCUT2D eigenvalue weighted by atomic mass is 32.1. The Balaban J connectivity index is 1.40. The molecule has 3 heterocycles. The van der Waals surface area contributed by atoms with E-state index in [0.29, 0.717) is 11.8 Å². The number of nitrogens with one attached hydrogen (secondary N) is 1. The van der Waals surface area contributed by atoms with Crippen LogP contribution < -0.4 is 4.90 Å². The van der Waals surface area contributed by atoms with Gasteiger partial charge in [-0.1, -0.05) is 12.8 Å². The Hall–Kier alpha value is -1.43. The third-order valence-electron chi connectivity index (χ3n) is 5.23. The van der Waals surface area contributed by atoms with E-state index in [1.807, 2.05) is 6.20 Å². The number of H-pyrrole nitrogens is 1. The van der Waals surface area contributed by atoms with E-state index in [-0.39, 0.29) is 0 Å². The summed E-state index contributed by atoms with van der Waals surface area (Å²) in [5.74, 6) is 2.36. The molecule has 5 nitrogen and oxygen atoms in total. The maximum atomic E-state index is 4.84. The molecule has 0 bridgehead atoms. The molecule has 0 amide bonds. The molecule has 2 fully saturated rings. The van der Waals surface area contributed by atoms with Crippen LogP contribution in [0.2, 0.25) is 0 Å². The molecule has 1 aliphatic carbocycles. The molecule has 2 aromatic heterocycles.